The van der Waals surface area contributed by atoms with Gasteiger partial charge in [0, 0.05) is 17.1 Å². The number of hydrogen-bond donors (Lipinski definition) is 1. The van der Waals surface area contributed by atoms with Crippen LogP contribution in [0.15, 0.2) is 24.3 Å². The number of esters is 1. The minimum atomic E-state index is -3.03. The number of sulfone groups is 1. The third kappa shape index (κ3) is 5.51. The molecule has 1 N–H and O–H groups in total. The SMILES string of the molecule is C[C@@H](OC(=O)C[C@H]1CCS(=O)(=O)C1)C(=O)Nc1cccc(Cl)c1. The second kappa shape index (κ2) is 7.31. The maximum atomic E-state index is 12.0. The molecule has 1 aliphatic rings. The zero-order chi connectivity index (χ0) is 17.0. The largest absolute Gasteiger partial charge is 0.453 e. The Morgan fingerprint density at radius 2 is 2.17 bits per heavy atom. The Morgan fingerprint density at radius 1 is 1.43 bits per heavy atom. The van der Waals surface area contributed by atoms with E-state index in [-0.39, 0.29) is 23.8 Å². The molecule has 0 spiro atoms. The first kappa shape index (κ1) is 17.7. The Bertz CT molecular complexity index is 704. The number of anilines is 1. The summed E-state index contributed by atoms with van der Waals surface area (Å²) >= 11 is 5.82. The third-order valence-corrected chi connectivity index (χ3v) is 5.62. The molecule has 1 saturated heterocycles. The average Bonchev–Trinajstić information content (AvgIpc) is 2.77. The van der Waals surface area contributed by atoms with E-state index in [1.807, 2.05) is 0 Å². The number of benzene rings is 1. The molecule has 0 aliphatic carbocycles. The van der Waals surface area contributed by atoms with Crippen molar-refractivity contribution in [3.63, 3.8) is 0 Å². The summed E-state index contributed by atoms with van der Waals surface area (Å²) < 4.78 is 27.8. The van der Waals surface area contributed by atoms with Gasteiger partial charge in [0.25, 0.3) is 5.91 Å². The van der Waals surface area contributed by atoms with Gasteiger partial charge >= 0.3 is 5.97 Å². The summed E-state index contributed by atoms with van der Waals surface area (Å²) in [6.07, 6.45) is -0.506. The van der Waals surface area contributed by atoms with Crippen LogP contribution in [0.25, 0.3) is 0 Å². The van der Waals surface area contributed by atoms with Gasteiger partial charge in [-0.25, -0.2) is 8.42 Å². The van der Waals surface area contributed by atoms with Crippen molar-refractivity contribution in [3.8, 4) is 0 Å². The molecular weight excluding hydrogens is 342 g/mol. The van der Waals surface area contributed by atoms with Crippen molar-refractivity contribution in [2.24, 2.45) is 5.92 Å². The molecule has 2 atom stereocenters. The van der Waals surface area contributed by atoms with Crippen molar-refractivity contribution in [2.45, 2.75) is 25.9 Å². The summed E-state index contributed by atoms with van der Waals surface area (Å²) in [6.45, 7) is 1.46. The molecule has 8 heteroatoms. The zero-order valence-electron chi connectivity index (χ0n) is 12.6. The zero-order valence-corrected chi connectivity index (χ0v) is 14.2. The van der Waals surface area contributed by atoms with E-state index < -0.39 is 27.8 Å². The molecule has 0 bridgehead atoms. The Balaban J connectivity index is 1.82. The van der Waals surface area contributed by atoms with E-state index >= 15 is 0 Å². The Kier molecular flexibility index (Phi) is 5.64. The van der Waals surface area contributed by atoms with Crippen LogP contribution in [0.5, 0.6) is 0 Å². The van der Waals surface area contributed by atoms with Crippen LogP contribution in [0.2, 0.25) is 5.02 Å². The number of halogens is 1. The van der Waals surface area contributed by atoms with Gasteiger partial charge < -0.3 is 10.1 Å². The third-order valence-electron chi connectivity index (χ3n) is 3.55. The highest BCUT2D eigenvalue weighted by Crippen LogP contribution is 2.22. The van der Waals surface area contributed by atoms with E-state index in [1.54, 1.807) is 24.3 Å². The average molecular weight is 360 g/mol. The van der Waals surface area contributed by atoms with Crippen molar-refractivity contribution in [1.82, 2.24) is 0 Å². The molecule has 126 valence electrons. The van der Waals surface area contributed by atoms with E-state index in [1.165, 1.54) is 6.92 Å². The summed E-state index contributed by atoms with van der Waals surface area (Å²) in [5.74, 6) is -1.16. The predicted molar refractivity (Wildman–Crippen MR) is 87.0 cm³/mol. The van der Waals surface area contributed by atoms with E-state index in [9.17, 15) is 18.0 Å². The van der Waals surface area contributed by atoms with Crippen molar-refractivity contribution in [3.05, 3.63) is 29.3 Å². The van der Waals surface area contributed by atoms with Crippen LogP contribution in [0, 0.1) is 5.92 Å². The molecule has 1 aromatic rings. The molecule has 1 aliphatic heterocycles. The van der Waals surface area contributed by atoms with Crippen LogP contribution in [0.3, 0.4) is 0 Å². The van der Waals surface area contributed by atoms with Crippen molar-refractivity contribution >= 4 is 39.0 Å². The highest BCUT2D eigenvalue weighted by Gasteiger charge is 2.30. The maximum absolute atomic E-state index is 12.0. The highest BCUT2D eigenvalue weighted by atomic mass is 35.5. The van der Waals surface area contributed by atoms with E-state index in [0.717, 1.165) is 0 Å². The van der Waals surface area contributed by atoms with Crippen molar-refractivity contribution in [2.75, 3.05) is 16.8 Å². The summed E-state index contributed by atoms with van der Waals surface area (Å²) in [7, 11) is -3.03. The first-order valence-corrected chi connectivity index (χ1v) is 9.41. The molecule has 1 amide bonds. The fourth-order valence-electron chi connectivity index (χ4n) is 2.38. The first-order chi connectivity index (χ1) is 10.7. The number of hydrogen-bond acceptors (Lipinski definition) is 5. The monoisotopic (exact) mass is 359 g/mol. The second-order valence-electron chi connectivity index (χ2n) is 5.60. The van der Waals surface area contributed by atoms with E-state index in [4.69, 9.17) is 16.3 Å². The molecule has 1 fully saturated rings. The molecule has 2 rings (SSSR count). The smallest absolute Gasteiger partial charge is 0.306 e. The fourth-order valence-corrected chi connectivity index (χ4v) is 4.43. The summed E-state index contributed by atoms with van der Waals surface area (Å²) in [6, 6.07) is 6.62. The van der Waals surface area contributed by atoms with Gasteiger partial charge in [-0.15, -0.1) is 0 Å². The van der Waals surface area contributed by atoms with Crippen molar-refractivity contribution < 1.29 is 22.7 Å². The van der Waals surface area contributed by atoms with Gasteiger partial charge in [0.1, 0.15) is 0 Å². The molecule has 0 saturated carbocycles. The normalized spacial score (nSPS) is 20.7. The number of carbonyl (C=O) groups is 2. The lowest BCUT2D eigenvalue weighted by molar-refractivity contribution is -0.153. The molecule has 6 nitrogen and oxygen atoms in total. The topological polar surface area (TPSA) is 89.5 Å². The number of carbonyl (C=O) groups excluding carboxylic acids is 2. The van der Waals surface area contributed by atoms with Gasteiger partial charge in [-0.2, -0.15) is 0 Å². The Labute approximate surface area is 140 Å². The quantitative estimate of drug-likeness (QED) is 0.812. The standard InChI is InChI=1S/C15H18ClNO5S/c1-10(15(19)17-13-4-2-3-12(16)8-13)22-14(18)7-11-5-6-23(20,21)9-11/h2-4,8,10-11H,5-7,9H2,1H3,(H,17,19)/t10-,11-/m1/s1. The van der Waals surface area contributed by atoms with Gasteiger partial charge in [0.05, 0.1) is 11.5 Å². The minimum absolute atomic E-state index is 0.00515. The maximum Gasteiger partial charge on any atom is 0.306 e. The highest BCUT2D eigenvalue weighted by molar-refractivity contribution is 7.91. The van der Waals surface area contributed by atoms with Crippen LogP contribution in [-0.2, 0) is 24.2 Å². The molecule has 23 heavy (non-hydrogen) atoms. The second-order valence-corrected chi connectivity index (χ2v) is 8.27. The fraction of sp³-hybridized carbons (Fsp3) is 0.467. The van der Waals surface area contributed by atoms with Gasteiger partial charge in [-0.05, 0) is 37.5 Å². The van der Waals surface area contributed by atoms with Crippen LogP contribution in [-0.4, -0.2) is 37.9 Å². The van der Waals surface area contributed by atoms with Gasteiger partial charge in [-0.3, -0.25) is 9.59 Å². The molecule has 1 aromatic carbocycles. The summed E-state index contributed by atoms with van der Waals surface area (Å²) in [4.78, 5) is 23.8. The lowest BCUT2D eigenvalue weighted by atomic mass is 10.1. The minimum Gasteiger partial charge on any atom is -0.453 e. The lowest BCUT2D eigenvalue weighted by Gasteiger charge is -2.15. The molecule has 0 aromatic heterocycles. The molecule has 0 radical (unpaired) electrons. The number of nitrogens with one attached hydrogen (secondary N) is 1. The molecule has 1 heterocycles. The van der Waals surface area contributed by atoms with Crippen LogP contribution in [0.1, 0.15) is 19.8 Å². The predicted octanol–water partition coefficient (Wildman–Crippen LogP) is 2.03. The summed E-state index contributed by atoms with van der Waals surface area (Å²) in [5, 5.41) is 3.08. The van der Waals surface area contributed by atoms with E-state index in [0.29, 0.717) is 17.1 Å². The van der Waals surface area contributed by atoms with Gasteiger partial charge in [0.15, 0.2) is 15.9 Å². The van der Waals surface area contributed by atoms with Gasteiger partial charge in [0.2, 0.25) is 0 Å². The molecule has 0 unspecified atom stereocenters. The van der Waals surface area contributed by atoms with Crippen LogP contribution < -0.4 is 5.32 Å². The number of ether oxygens (including phenoxy) is 1. The van der Waals surface area contributed by atoms with Crippen LogP contribution >= 0.6 is 11.6 Å². The summed E-state index contributed by atoms with van der Waals surface area (Å²) in [5.41, 5.74) is 0.507. The lowest BCUT2D eigenvalue weighted by Crippen LogP contribution is -2.30. The van der Waals surface area contributed by atoms with Crippen molar-refractivity contribution in [1.29, 1.82) is 0 Å². The van der Waals surface area contributed by atoms with Crippen LogP contribution in [0.4, 0.5) is 5.69 Å². The number of amides is 1. The Morgan fingerprint density at radius 3 is 2.78 bits per heavy atom. The van der Waals surface area contributed by atoms with Gasteiger partial charge in [-0.1, -0.05) is 17.7 Å². The number of rotatable bonds is 5. The first-order valence-electron chi connectivity index (χ1n) is 7.21. The molecular formula is C15H18ClNO5S. The Hall–Kier alpha value is -1.60. The van der Waals surface area contributed by atoms with E-state index in [2.05, 4.69) is 5.32 Å².